The molecule has 3 amide bonds. The van der Waals surface area contributed by atoms with E-state index in [9.17, 15) is 9.59 Å². The van der Waals surface area contributed by atoms with Gasteiger partial charge in [0.05, 0.1) is 6.54 Å². The Bertz CT molecular complexity index is 657. The molecule has 0 spiro atoms. The van der Waals surface area contributed by atoms with Gasteiger partial charge in [-0.3, -0.25) is 14.6 Å². The smallest absolute Gasteiger partial charge is 0.295 e. The van der Waals surface area contributed by atoms with E-state index in [-0.39, 0.29) is 17.5 Å². The van der Waals surface area contributed by atoms with Crippen LogP contribution >= 0.6 is 0 Å². The molecule has 1 aromatic carbocycles. The molecule has 0 aromatic heterocycles. The highest BCUT2D eigenvalue weighted by molar-refractivity contribution is 6.05. The van der Waals surface area contributed by atoms with Crippen LogP contribution in [0.25, 0.3) is 0 Å². The van der Waals surface area contributed by atoms with Gasteiger partial charge in [-0.2, -0.15) is 0 Å². The third-order valence-corrected chi connectivity index (χ3v) is 5.96. The number of unbranched alkanes of at least 4 members (excludes halogenated alkanes) is 6. The highest BCUT2D eigenvalue weighted by atomic mass is 16.2. The number of amides is 3. The van der Waals surface area contributed by atoms with Gasteiger partial charge >= 0.3 is 6.03 Å². The van der Waals surface area contributed by atoms with Gasteiger partial charge in [0.2, 0.25) is 0 Å². The molecule has 0 radical (unpaired) electrons. The van der Waals surface area contributed by atoms with Crippen LogP contribution in [0.5, 0.6) is 0 Å². The third-order valence-electron chi connectivity index (χ3n) is 5.96. The SMILES string of the molecule is CCCCCCC(C)(CCCCCC)N1C=CCN(C(=O)c2ccccc2)C1=O. The van der Waals surface area contributed by atoms with E-state index < -0.39 is 0 Å². The minimum absolute atomic E-state index is 0.185. The maximum absolute atomic E-state index is 13.3. The summed E-state index contributed by atoms with van der Waals surface area (Å²) in [5, 5.41) is 0. The van der Waals surface area contributed by atoms with Crippen LogP contribution in [0.1, 0.15) is 95.3 Å². The lowest BCUT2D eigenvalue weighted by Crippen LogP contribution is -2.55. The van der Waals surface area contributed by atoms with Gasteiger partial charge in [-0.25, -0.2) is 4.79 Å². The van der Waals surface area contributed by atoms with Crippen LogP contribution in [-0.4, -0.2) is 33.8 Å². The zero-order chi connectivity index (χ0) is 21.1. The van der Waals surface area contributed by atoms with Crippen molar-refractivity contribution in [2.24, 2.45) is 0 Å². The lowest BCUT2D eigenvalue weighted by atomic mass is 9.86. The highest BCUT2D eigenvalue weighted by Crippen LogP contribution is 2.32. The molecule has 0 saturated heterocycles. The van der Waals surface area contributed by atoms with Gasteiger partial charge < -0.3 is 0 Å². The fraction of sp³-hybridized carbons (Fsp3) is 0.600. The predicted octanol–water partition coefficient (Wildman–Crippen LogP) is 6.78. The lowest BCUT2D eigenvalue weighted by Gasteiger charge is -2.43. The zero-order valence-electron chi connectivity index (χ0n) is 18.5. The van der Waals surface area contributed by atoms with Crippen molar-refractivity contribution < 1.29 is 9.59 Å². The highest BCUT2D eigenvalue weighted by Gasteiger charge is 2.38. The van der Waals surface area contributed by atoms with Gasteiger partial charge in [0.1, 0.15) is 0 Å². The van der Waals surface area contributed by atoms with E-state index in [4.69, 9.17) is 0 Å². The van der Waals surface area contributed by atoms with Gasteiger partial charge in [0.15, 0.2) is 0 Å². The number of rotatable bonds is 12. The molecule has 1 aliphatic heterocycles. The van der Waals surface area contributed by atoms with Gasteiger partial charge in [-0.05, 0) is 38.0 Å². The molecule has 1 aliphatic rings. The standard InChI is InChI=1S/C25H38N2O2/c1-4-6-8-13-18-25(3,19-14-9-7-5-2)27-21-15-20-26(24(27)29)23(28)22-16-11-10-12-17-22/h10-12,15-17,21H,4-9,13-14,18-20H2,1-3H3. The van der Waals surface area contributed by atoms with E-state index in [1.54, 1.807) is 12.1 Å². The maximum atomic E-state index is 13.3. The first-order valence-electron chi connectivity index (χ1n) is 11.4. The molecule has 0 atom stereocenters. The summed E-state index contributed by atoms with van der Waals surface area (Å²) in [4.78, 5) is 29.5. The fourth-order valence-corrected chi connectivity index (χ4v) is 4.08. The summed E-state index contributed by atoms with van der Waals surface area (Å²) < 4.78 is 0. The number of carbonyl (C=O) groups excluding carboxylic acids is 2. The molecule has 160 valence electrons. The van der Waals surface area contributed by atoms with Crippen LogP contribution in [0.3, 0.4) is 0 Å². The van der Waals surface area contributed by atoms with Crippen molar-refractivity contribution in [2.75, 3.05) is 6.54 Å². The van der Waals surface area contributed by atoms with Gasteiger partial charge in [-0.15, -0.1) is 0 Å². The van der Waals surface area contributed by atoms with Crippen LogP contribution in [0.4, 0.5) is 4.79 Å². The Morgan fingerprint density at radius 3 is 2.07 bits per heavy atom. The Kier molecular flexibility index (Phi) is 9.43. The number of hydrogen-bond donors (Lipinski definition) is 0. The Balaban J connectivity index is 2.14. The molecule has 0 N–H and O–H groups in total. The average molecular weight is 399 g/mol. The summed E-state index contributed by atoms with van der Waals surface area (Å²) in [5.74, 6) is -0.218. The van der Waals surface area contributed by atoms with Crippen molar-refractivity contribution in [3.8, 4) is 0 Å². The van der Waals surface area contributed by atoms with Crippen LogP contribution in [-0.2, 0) is 0 Å². The van der Waals surface area contributed by atoms with Gasteiger partial charge in [-0.1, -0.05) is 83.4 Å². The molecular formula is C25H38N2O2. The Morgan fingerprint density at radius 2 is 1.52 bits per heavy atom. The molecule has 0 bridgehead atoms. The zero-order valence-corrected chi connectivity index (χ0v) is 18.5. The quantitative estimate of drug-likeness (QED) is 0.364. The topological polar surface area (TPSA) is 40.6 Å². The molecule has 4 nitrogen and oxygen atoms in total. The molecule has 4 heteroatoms. The largest absolute Gasteiger partial charge is 0.331 e. The van der Waals surface area contributed by atoms with Crippen LogP contribution in [0.15, 0.2) is 42.6 Å². The van der Waals surface area contributed by atoms with Gasteiger partial charge in [0.25, 0.3) is 5.91 Å². The first-order valence-corrected chi connectivity index (χ1v) is 11.4. The van der Waals surface area contributed by atoms with Crippen molar-refractivity contribution in [2.45, 2.75) is 90.5 Å². The van der Waals surface area contributed by atoms with E-state index in [0.717, 1.165) is 25.7 Å². The van der Waals surface area contributed by atoms with Gasteiger partial charge in [0, 0.05) is 17.3 Å². The fourth-order valence-electron chi connectivity index (χ4n) is 4.08. The summed E-state index contributed by atoms with van der Waals surface area (Å²) in [5.41, 5.74) is 0.314. The molecule has 0 unspecified atom stereocenters. The normalized spacial score (nSPS) is 14.5. The van der Waals surface area contributed by atoms with Crippen molar-refractivity contribution in [3.63, 3.8) is 0 Å². The van der Waals surface area contributed by atoms with Crippen molar-refractivity contribution in [1.29, 1.82) is 0 Å². The summed E-state index contributed by atoms with van der Waals surface area (Å²) >= 11 is 0. The third kappa shape index (κ3) is 6.45. The van der Waals surface area contributed by atoms with Crippen LogP contribution in [0, 0.1) is 0 Å². The van der Waals surface area contributed by atoms with Crippen LogP contribution in [0.2, 0.25) is 0 Å². The number of imide groups is 1. The van der Waals surface area contributed by atoms with E-state index in [0.29, 0.717) is 12.1 Å². The van der Waals surface area contributed by atoms with E-state index >= 15 is 0 Å². The molecule has 29 heavy (non-hydrogen) atoms. The van der Waals surface area contributed by atoms with Crippen molar-refractivity contribution in [1.82, 2.24) is 9.80 Å². The Hall–Kier alpha value is -2.10. The number of carbonyl (C=O) groups is 2. The molecule has 1 heterocycles. The average Bonchev–Trinajstić information content (AvgIpc) is 2.75. The number of hydrogen-bond acceptors (Lipinski definition) is 2. The monoisotopic (exact) mass is 398 g/mol. The molecule has 2 rings (SSSR count). The molecule has 0 saturated carbocycles. The summed E-state index contributed by atoms with van der Waals surface area (Å²) in [6, 6.07) is 8.90. The second kappa shape index (κ2) is 11.8. The Labute approximate surface area is 177 Å². The van der Waals surface area contributed by atoms with E-state index in [1.807, 2.05) is 35.4 Å². The number of nitrogens with zero attached hydrogens (tertiary/aromatic N) is 2. The lowest BCUT2D eigenvalue weighted by molar-refractivity contribution is 0.0699. The summed E-state index contributed by atoms with van der Waals surface area (Å²) in [6.45, 7) is 6.97. The van der Waals surface area contributed by atoms with E-state index in [1.165, 1.54) is 43.4 Å². The van der Waals surface area contributed by atoms with Crippen LogP contribution < -0.4 is 0 Å². The second-order valence-corrected chi connectivity index (χ2v) is 8.44. The van der Waals surface area contributed by atoms with Crippen molar-refractivity contribution in [3.05, 3.63) is 48.2 Å². The molecule has 1 aromatic rings. The first kappa shape index (κ1) is 23.2. The maximum Gasteiger partial charge on any atom is 0.331 e. The summed E-state index contributed by atoms with van der Waals surface area (Å²) in [6.07, 6.45) is 15.3. The van der Waals surface area contributed by atoms with Crippen molar-refractivity contribution >= 4 is 11.9 Å². The minimum Gasteiger partial charge on any atom is -0.295 e. The van der Waals surface area contributed by atoms with E-state index in [2.05, 4.69) is 20.8 Å². The Morgan fingerprint density at radius 1 is 0.931 bits per heavy atom. The molecule has 0 aliphatic carbocycles. The minimum atomic E-state index is -0.245. The second-order valence-electron chi connectivity index (χ2n) is 8.44. The predicted molar refractivity (Wildman–Crippen MR) is 120 cm³/mol. The molecular weight excluding hydrogens is 360 g/mol. The molecule has 0 fully saturated rings. The number of urea groups is 1. The number of benzene rings is 1. The first-order chi connectivity index (χ1) is 14.0. The summed E-state index contributed by atoms with van der Waals surface area (Å²) in [7, 11) is 0.